The SMILES string of the molecule is O=C(Nc1cc(-n2cnnn2)ccc1F)N[C@]12CCC[C@H]1CNC2. The van der Waals surface area contributed by atoms with Crippen molar-refractivity contribution < 1.29 is 9.18 Å². The summed E-state index contributed by atoms with van der Waals surface area (Å²) in [5.41, 5.74) is 0.446. The lowest BCUT2D eigenvalue weighted by molar-refractivity contribution is 0.232. The predicted molar refractivity (Wildman–Crippen MR) is 84.2 cm³/mol. The highest BCUT2D eigenvalue weighted by Crippen LogP contribution is 2.38. The summed E-state index contributed by atoms with van der Waals surface area (Å²) in [6, 6.07) is 3.93. The molecule has 126 valence electrons. The molecule has 0 spiro atoms. The molecule has 1 aromatic heterocycles. The molecule has 1 aliphatic heterocycles. The Hall–Kier alpha value is -2.55. The van der Waals surface area contributed by atoms with Crippen molar-refractivity contribution in [2.45, 2.75) is 24.8 Å². The van der Waals surface area contributed by atoms with Crippen LogP contribution < -0.4 is 16.0 Å². The lowest BCUT2D eigenvalue weighted by Crippen LogP contribution is -2.53. The van der Waals surface area contributed by atoms with Gasteiger partial charge in [0.05, 0.1) is 16.9 Å². The molecule has 4 rings (SSSR count). The Balaban J connectivity index is 1.50. The molecule has 0 bridgehead atoms. The van der Waals surface area contributed by atoms with E-state index in [1.807, 2.05) is 0 Å². The zero-order valence-electron chi connectivity index (χ0n) is 13.0. The minimum Gasteiger partial charge on any atom is -0.331 e. The van der Waals surface area contributed by atoms with Gasteiger partial charge in [-0.15, -0.1) is 5.10 Å². The number of rotatable bonds is 3. The van der Waals surface area contributed by atoms with Crippen LogP contribution >= 0.6 is 0 Å². The molecular formula is C15H18FN7O. The summed E-state index contributed by atoms with van der Waals surface area (Å²) in [5.74, 6) is -0.0624. The van der Waals surface area contributed by atoms with Crippen molar-refractivity contribution in [1.82, 2.24) is 30.8 Å². The molecule has 0 radical (unpaired) electrons. The van der Waals surface area contributed by atoms with Crippen LogP contribution in [0.5, 0.6) is 0 Å². The van der Waals surface area contributed by atoms with E-state index < -0.39 is 11.8 Å². The van der Waals surface area contributed by atoms with Gasteiger partial charge in [0.1, 0.15) is 12.1 Å². The highest BCUT2D eigenvalue weighted by Gasteiger charge is 2.47. The molecule has 1 saturated heterocycles. The molecule has 8 nitrogen and oxygen atoms in total. The van der Waals surface area contributed by atoms with Gasteiger partial charge in [-0.25, -0.2) is 13.9 Å². The first kappa shape index (κ1) is 15.0. The third-order valence-corrected chi connectivity index (χ3v) is 4.96. The van der Waals surface area contributed by atoms with Crippen LogP contribution in [0, 0.1) is 11.7 Å². The van der Waals surface area contributed by atoms with Crippen molar-refractivity contribution in [3.63, 3.8) is 0 Å². The highest BCUT2D eigenvalue weighted by atomic mass is 19.1. The van der Waals surface area contributed by atoms with Crippen LogP contribution in [0.2, 0.25) is 0 Å². The highest BCUT2D eigenvalue weighted by molar-refractivity contribution is 5.90. The maximum absolute atomic E-state index is 14.0. The topological polar surface area (TPSA) is 96.8 Å². The minimum atomic E-state index is -0.507. The van der Waals surface area contributed by atoms with Crippen molar-refractivity contribution in [1.29, 1.82) is 0 Å². The number of aromatic nitrogens is 4. The average Bonchev–Trinajstić information content (AvgIpc) is 3.25. The first-order chi connectivity index (χ1) is 11.7. The van der Waals surface area contributed by atoms with Crippen LogP contribution in [0.4, 0.5) is 14.9 Å². The first-order valence-electron chi connectivity index (χ1n) is 7.99. The number of urea groups is 1. The Labute approximate surface area is 137 Å². The molecule has 2 fully saturated rings. The monoisotopic (exact) mass is 331 g/mol. The summed E-state index contributed by atoms with van der Waals surface area (Å²) in [6.45, 7) is 1.68. The number of tetrazole rings is 1. The minimum absolute atomic E-state index is 0.0948. The van der Waals surface area contributed by atoms with Gasteiger partial charge in [0, 0.05) is 13.1 Å². The smallest absolute Gasteiger partial charge is 0.319 e. The molecule has 9 heteroatoms. The number of nitrogens with zero attached hydrogens (tertiary/aromatic N) is 4. The number of anilines is 1. The normalized spacial score (nSPS) is 25.5. The number of fused-ring (bicyclic) bond motifs is 1. The number of hydrogen-bond acceptors (Lipinski definition) is 5. The molecular weight excluding hydrogens is 313 g/mol. The molecule has 3 N–H and O–H groups in total. The summed E-state index contributed by atoms with van der Waals surface area (Å²) < 4.78 is 15.4. The summed E-state index contributed by atoms with van der Waals surface area (Å²) in [4.78, 5) is 12.4. The summed E-state index contributed by atoms with van der Waals surface area (Å²) in [7, 11) is 0. The lowest BCUT2D eigenvalue weighted by Gasteiger charge is -2.29. The van der Waals surface area contributed by atoms with Gasteiger partial charge in [-0.05, 0) is 47.4 Å². The summed E-state index contributed by atoms with van der Waals surface area (Å²) in [5, 5.41) is 19.9. The maximum Gasteiger partial charge on any atom is 0.319 e. The third kappa shape index (κ3) is 2.60. The first-order valence-corrected chi connectivity index (χ1v) is 7.99. The molecule has 1 aromatic carbocycles. The number of benzene rings is 1. The van der Waals surface area contributed by atoms with Gasteiger partial charge in [0.2, 0.25) is 0 Å². The molecule has 0 unspecified atom stereocenters. The zero-order valence-corrected chi connectivity index (χ0v) is 13.0. The number of amides is 2. The van der Waals surface area contributed by atoms with E-state index in [0.717, 1.165) is 32.4 Å². The molecule has 2 aromatic rings. The van der Waals surface area contributed by atoms with Crippen LogP contribution in [0.15, 0.2) is 24.5 Å². The van der Waals surface area contributed by atoms with Crippen LogP contribution in [-0.4, -0.2) is 44.9 Å². The maximum atomic E-state index is 14.0. The second-order valence-electron chi connectivity index (χ2n) is 6.37. The van der Waals surface area contributed by atoms with Crippen molar-refractivity contribution in [2.75, 3.05) is 18.4 Å². The Morgan fingerprint density at radius 1 is 1.46 bits per heavy atom. The molecule has 2 aliphatic rings. The summed E-state index contributed by atoms with van der Waals surface area (Å²) >= 11 is 0. The predicted octanol–water partition coefficient (Wildman–Crippen LogP) is 1.06. The van der Waals surface area contributed by atoms with Crippen LogP contribution in [-0.2, 0) is 0 Å². The molecule has 24 heavy (non-hydrogen) atoms. The van der Waals surface area contributed by atoms with Crippen molar-refractivity contribution in [3.05, 3.63) is 30.3 Å². The Bertz CT molecular complexity index is 738. The molecule has 1 aliphatic carbocycles. The van der Waals surface area contributed by atoms with Crippen LogP contribution in [0.3, 0.4) is 0 Å². The largest absolute Gasteiger partial charge is 0.331 e. The zero-order chi connectivity index (χ0) is 16.6. The van der Waals surface area contributed by atoms with Gasteiger partial charge in [0.25, 0.3) is 0 Å². The number of halogens is 1. The van der Waals surface area contributed by atoms with E-state index in [4.69, 9.17) is 0 Å². The number of nitrogens with one attached hydrogen (secondary N) is 3. The second kappa shape index (κ2) is 5.82. The Kier molecular flexibility index (Phi) is 3.64. The van der Waals surface area contributed by atoms with Gasteiger partial charge in [-0.3, -0.25) is 0 Å². The van der Waals surface area contributed by atoms with E-state index in [9.17, 15) is 9.18 Å². The second-order valence-corrected chi connectivity index (χ2v) is 6.37. The molecule has 1 saturated carbocycles. The van der Waals surface area contributed by atoms with E-state index in [2.05, 4.69) is 31.5 Å². The van der Waals surface area contributed by atoms with E-state index in [-0.39, 0.29) is 11.2 Å². The number of carbonyl (C=O) groups excluding carboxylic acids is 1. The van der Waals surface area contributed by atoms with Crippen molar-refractivity contribution in [3.8, 4) is 5.69 Å². The molecule has 2 amide bonds. The van der Waals surface area contributed by atoms with Gasteiger partial charge >= 0.3 is 6.03 Å². The van der Waals surface area contributed by atoms with E-state index in [1.165, 1.54) is 23.1 Å². The van der Waals surface area contributed by atoms with E-state index in [0.29, 0.717) is 11.6 Å². The summed E-state index contributed by atoms with van der Waals surface area (Å²) in [6.07, 6.45) is 4.57. The number of hydrogen-bond donors (Lipinski definition) is 3. The fourth-order valence-electron chi connectivity index (χ4n) is 3.76. The Morgan fingerprint density at radius 2 is 2.38 bits per heavy atom. The molecule has 2 heterocycles. The number of carbonyl (C=O) groups is 1. The van der Waals surface area contributed by atoms with Crippen LogP contribution in [0.25, 0.3) is 5.69 Å². The van der Waals surface area contributed by atoms with Gasteiger partial charge in [0.15, 0.2) is 0 Å². The molecule has 2 atom stereocenters. The lowest BCUT2D eigenvalue weighted by atomic mass is 9.91. The fraction of sp³-hybridized carbons (Fsp3) is 0.467. The van der Waals surface area contributed by atoms with E-state index in [1.54, 1.807) is 6.07 Å². The third-order valence-electron chi connectivity index (χ3n) is 4.96. The Morgan fingerprint density at radius 3 is 3.21 bits per heavy atom. The van der Waals surface area contributed by atoms with Crippen LogP contribution in [0.1, 0.15) is 19.3 Å². The average molecular weight is 331 g/mol. The van der Waals surface area contributed by atoms with Gasteiger partial charge in [-0.1, -0.05) is 6.42 Å². The fourth-order valence-corrected chi connectivity index (χ4v) is 3.76. The quantitative estimate of drug-likeness (QED) is 0.781. The van der Waals surface area contributed by atoms with Gasteiger partial charge < -0.3 is 16.0 Å². The van der Waals surface area contributed by atoms with Crippen molar-refractivity contribution in [2.24, 2.45) is 5.92 Å². The van der Waals surface area contributed by atoms with Crippen molar-refractivity contribution >= 4 is 11.7 Å². The van der Waals surface area contributed by atoms with E-state index >= 15 is 0 Å². The van der Waals surface area contributed by atoms with Gasteiger partial charge in [-0.2, -0.15) is 0 Å². The standard InChI is InChI=1S/C15H18FN7O/c16-12-4-3-11(23-9-18-21-22-23)6-13(12)19-14(24)20-15-5-1-2-10(15)7-17-8-15/h3-4,6,9-10,17H,1-2,5,7-8H2,(H2,19,20,24)/t10-,15-/m0/s1.